The Bertz CT molecular complexity index is 701. The summed E-state index contributed by atoms with van der Waals surface area (Å²) in [7, 11) is 0. The van der Waals surface area contributed by atoms with E-state index in [2.05, 4.69) is 20.3 Å². The molecule has 1 aliphatic heterocycles. The summed E-state index contributed by atoms with van der Waals surface area (Å²) in [5, 5.41) is 7.15. The summed E-state index contributed by atoms with van der Waals surface area (Å²) < 4.78 is 12.3. The van der Waals surface area contributed by atoms with E-state index in [0.29, 0.717) is 30.5 Å². The molecule has 2 aromatic rings. The van der Waals surface area contributed by atoms with E-state index in [0.717, 1.165) is 13.1 Å². The standard InChI is InChI=1S/C15H21N5O3/c1-15(2,3)23-14(21)16-11-4-5-20-12(10-11)17-13(18-20)19-6-8-22-9-7-19/h4-5,10H,6-9H2,1-3H3,(H,16,21). The van der Waals surface area contributed by atoms with Crippen molar-refractivity contribution in [1.29, 1.82) is 0 Å². The lowest BCUT2D eigenvalue weighted by Gasteiger charge is -2.25. The number of ether oxygens (including phenoxy) is 2. The highest BCUT2D eigenvalue weighted by molar-refractivity contribution is 5.85. The first-order valence-corrected chi connectivity index (χ1v) is 7.60. The molecule has 0 aromatic carbocycles. The van der Waals surface area contributed by atoms with Gasteiger partial charge in [-0.1, -0.05) is 0 Å². The van der Waals surface area contributed by atoms with Gasteiger partial charge in [-0.25, -0.2) is 9.31 Å². The quantitative estimate of drug-likeness (QED) is 0.911. The molecule has 1 amide bonds. The molecule has 8 heteroatoms. The Labute approximate surface area is 134 Å². The minimum atomic E-state index is -0.535. The number of hydrogen-bond donors (Lipinski definition) is 1. The van der Waals surface area contributed by atoms with Gasteiger partial charge in [0.25, 0.3) is 0 Å². The van der Waals surface area contributed by atoms with E-state index in [4.69, 9.17) is 9.47 Å². The lowest BCUT2D eigenvalue weighted by Crippen LogP contribution is -2.36. The van der Waals surface area contributed by atoms with Crippen LogP contribution in [0.25, 0.3) is 5.65 Å². The van der Waals surface area contributed by atoms with Gasteiger partial charge in [0.2, 0.25) is 5.95 Å². The maximum absolute atomic E-state index is 11.8. The van der Waals surface area contributed by atoms with E-state index in [-0.39, 0.29) is 0 Å². The average molecular weight is 319 g/mol. The topological polar surface area (TPSA) is 81.0 Å². The molecule has 0 radical (unpaired) electrons. The van der Waals surface area contributed by atoms with Gasteiger partial charge in [0.05, 0.1) is 13.2 Å². The van der Waals surface area contributed by atoms with Crippen LogP contribution in [0.3, 0.4) is 0 Å². The molecule has 0 unspecified atom stereocenters. The normalized spacial score (nSPS) is 15.7. The number of anilines is 2. The van der Waals surface area contributed by atoms with E-state index >= 15 is 0 Å². The van der Waals surface area contributed by atoms with Gasteiger partial charge in [0, 0.05) is 31.0 Å². The van der Waals surface area contributed by atoms with Crippen LogP contribution in [-0.2, 0) is 9.47 Å². The Balaban J connectivity index is 1.75. The highest BCUT2D eigenvalue weighted by atomic mass is 16.6. The van der Waals surface area contributed by atoms with Crippen LogP contribution in [0.2, 0.25) is 0 Å². The van der Waals surface area contributed by atoms with E-state index in [1.54, 1.807) is 22.8 Å². The smallest absolute Gasteiger partial charge is 0.412 e. The summed E-state index contributed by atoms with van der Waals surface area (Å²) in [6, 6.07) is 3.52. The molecule has 2 aromatic heterocycles. The van der Waals surface area contributed by atoms with Crippen LogP contribution < -0.4 is 10.2 Å². The number of aromatic nitrogens is 3. The molecule has 0 atom stereocenters. The van der Waals surface area contributed by atoms with Crippen LogP contribution in [-0.4, -0.2) is 52.6 Å². The van der Waals surface area contributed by atoms with Crippen molar-refractivity contribution < 1.29 is 14.3 Å². The Kier molecular flexibility index (Phi) is 4.08. The Hall–Kier alpha value is -2.35. The van der Waals surface area contributed by atoms with Crippen molar-refractivity contribution in [2.24, 2.45) is 0 Å². The third-order valence-electron chi connectivity index (χ3n) is 3.27. The van der Waals surface area contributed by atoms with E-state index in [1.165, 1.54) is 0 Å². The fourth-order valence-electron chi connectivity index (χ4n) is 2.27. The van der Waals surface area contributed by atoms with Gasteiger partial charge in [-0.15, -0.1) is 5.10 Å². The number of hydrogen-bond acceptors (Lipinski definition) is 6. The second-order valence-electron chi connectivity index (χ2n) is 6.36. The van der Waals surface area contributed by atoms with Crippen LogP contribution in [0.5, 0.6) is 0 Å². The maximum Gasteiger partial charge on any atom is 0.412 e. The molecule has 1 saturated heterocycles. The van der Waals surface area contributed by atoms with Crippen molar-refractivity contribution in [3.63, 3.8) is 0 Å². The average Bonchev–Trinajstić information content (AvgIpc) is 2.89. The van der Waals surface area contributed by atoms with Crippen molar-refractivity contribution in [1.82, 2.24) is 14.6 Å². The molecule has 124 valence electrons. The van der Waals surface area contributed by atoms with Crippen molar-refractivity contribution in [3.8, 4) is 0 Å². The lowest BCUT2D eigenvalue weighted by molar-refractivity contribution is 0.0636. The number of fused-ring (bicyclic) bond motifs is 1. The van der Waals surface area contributed by atoms with Crippen LogP contribution in [0.4, 0.5) is 16.4 Å². The number of morpholine rings is 1. The number of rotatable bonds is 2. The fourth-order valence-corrected chi connectivity index (χ4v) is 2.27. The molecule has 0 aliphatic carbocycles. The third kappa shape index (κ3) is 3.89. The van der Waals surface area contributed by atoms with E-state index < -0.39 is 11.7 Å². The predicted molar refractivity (Wildman–Crippen MR) is 85.9 cm³/mol. The first-order valence-electron chi connectivity index (χ1n) is 7.60. The van der Waals surface area contributed by atoms with Gasteiger partial charge in [0.1, 0.15) is 5.60 Å². The van der Waals surface area contributed by atoms with Crippen LogP contribution in [0.15, 0.2) is 18.3 Å². The summed E-state index contributed by atoms with van der Waals surface area (Å²) in [4.78, 5) is 18.4. The van der Waals surface area contributed by atoms with Gasteiger partial charge in [-0.05, 0) is 26.8 Å². The highest BCUT2D eigenvalue weighted by Gasteiger charge is 2.18. The summed E-state index contributed by atoms with van der Waals surface area (Å²) in [6.45, 7) is 8.39. The third-order valence-corrected chi connectivity index (χ3v) is 3.27. The Morgan fingerprint density at radius 3 is 2.78 bits per heavy atom. The second kappa shape index (κ2) is 6.04. The van der Waals surface area contributed by atoms with Crippen LogP contribution in [0, 0.1) is 0 Å². The van der Waals surface area contributed by atoms with Crippen molar-refractivity contribution >= 4 is 23.4 Å². The molecule has 0 saturated carbocycles. The molecular weight excluding hydrogens is 298 g/mol. The molecule has 3 rings (SSSR count). The van der Waals surface area contributed by atoms with Crippen molar-refractivity contribution in [2.75, 3.05) is 36.5 Å². The molecule has 0 bridgehead atoms. The van der Waals surface area contributed by atoms with Gasteiger partial charge in [0.15, 0.2) is 5.65 Å². The number of nitrogens with one attached hydrogen (secondary N) is 1. The highest BCUT2D eigenvalue weighted by Crippen LogP contribution is 2.17. The van der Waals surface area contributed by atoms with Gasteiger partial charge in [-0.3, -0.25) is 5.32 Å². The molecule has 1 fully saturated rings. The molecule has 0 spiro atoms. The van der Waals surface area contributed by atoms with E-state index in [1.807, 2.05) is 20.8 Å². The zero-order valence-electron chi connectivity index (χ0n) is 13.6. The molecule has 8 nitrogen and oxygen atoms in total. The minimum Gasteiger partial charge on any atom is -0.444 e. The van der Waals surface area contributed by atoms with Gasteiger partial charge in [-0.2, -0.15) is 4.98 Å². The fraction of sp³-hybridized carbons (Fsp3) is 0.533. The van der Waals surface area contributed by atoms with Crippen molar-refractivity contribution in [3.05, 3.63) is 18.3 Å². The maximum atomic E-state index is 11.8. The molecule has 1 aliphatic rings. The molecular formula is C15H21N5O3. The first-order chi connectivity index (χ1) is 10.9. The monoisotopic (exact) mass is 319 g/mol. The zero-order valence-corrected chi connectivity index (χ0v) is 13.6. The summed E-state index contributed by atoms with van der Waals surface area (Å²) in [6.07, 6.45) is 1.27. The zero-order chi connectivity index (χ0) is 16.4. The van der Waals surface area contributed by atoms with Gasteiger partial charge >= 0.3 is 6.09 Å². The largest absolute Gasteiger partial charge is 0.444 e. The number of amides is 1. The van der Waals surface area contributed by atoms with Gasteiger partial charge < -0.3 is 14.4 Å². The Morgan fingerprint density at radius 1 is 1.35 bits per heavy atom. The number of pyridine rings is 1. The molecule has 1 N–H and O–H groups in total. The first kappa shape index (κ1) is 15.5. The number of carbonyl (C=O) groups is 1. The molecule has 3 heterocycles. The SMILES string of the molecule is CC(C)(C)OC(=O)Nc1ccn2nc(N3CCOCC3)nc2c1. The van der Waals surface area contributed by atoms with Crippen LogP contribution >= 0.6 is 0 Å². The Morgan fingerprint density at radius 2 is 2.09 bits per heavy atom. The summed E-state index contributed by atoms with van der Waals surface area (Å²) in [5.74, 6) is 0.669. The number of carbonyl (C=O) groups excluding carboxylic acids is 1. The second-order valence-corrected chi connectivity index (χ2v) is 6.36. The number of nitrogens with zero attached hydrogens (tertiary/aromatic N) is 4. The van der Waals surface area contributed by atoms with Crippen LogP contribution in [0.1, 0.15) is 20.8 Å². The lowest BCUT2D eigenvalue weighted by atomic mass is 10.2. The summed E-state index contributed by atoms with van der Waals surface area (Å²) in [5.41, 5.74) is 0.750. The van der Waals surface area contributed by atoms with E-state index in [9.17, 15) is 4.79 Å². The molecule has 23 heavy (non-hydrogen) atoms. The minimum absolute atomic E-state index is 0.491. The summed E-state index contributed by atoms with van der Waals surface area (Å²) >= 11 is 0. The van der Waals surface area contributed by atoms with Crippen molar-refractivity contribution in [2.45, 2.75) is 26.4 Å². The predicted octanol–water partition coefficient (Wildman–Crippen LogP) is 1.91.